The maximum absolute atomic E-state index is 12.0. The molecule has 2 heterocycles. The van der Waals surface area contributed by atoms with E-state index in [-0.39, 0.29) is 5.91 Å². The molecule has 5 nitrogen and oxygen atoms in total. The van der Waals surface area contributed by atoms with Gasteiger partial charge in [0.1, 0.15) is 5.82 Å². The zero-order valence-corrected chi connectivity index (χ0v) is 13.1. The van der Waals surface area contributed by atoms with Crippen LogP contribution in [0.1, 0.15) is 15.9 Å². The summed E-state index contributed by atoms with van der Waals surface area (Å²) in [6.07, 6.45) is 5.81. The number of hydrogen-bond acceptors (Lipinski definition) is 4. The van der Waals surface area contributed by atoms with E-state index in [4.69, 9.17) is 0 Å². The van der Waals surface area contributed by atoms with Gasteiger partial charge in [0.2, 0.25) is 0 Å². The highest BCUT2D eigenvalue weighted by molar-refractivity contribution is 6.03. The van der Waals surface area contributed by atoms with Gasteiger partial charge >= 0.3 is 0 Å². The van der Waals surface area contributed by atoms with E-state index in [1.165, 1.54) is 11.8 Å². The fourth-order valence-electron chi connectivity index (χ4n) is 2.25. The summed E-state index contributed by atoms with van der Waals surface area (Å²) in [5.74, 6) is 0.290. The van der Waals surface area contributed by atoms with Crippen LogP contribution in [0.25, 0.3) is 0 Å². The lowest BCUT2D eigenvalue weighted by Gasteiger charge is -2.08. The topological polar surface area (TPSA) is 66.9 Å². The van der Waals surface area contributed by atoms with Gasteiger partial charge in [-0.3, -0.25) is 9.78 Å². The number of nitrogens with zero attached hydrogens (tertiary/aromatic N) is 2. The number of aromatic nitrogens is 2. The molecule has 0 saturated heterocycles. The second kappa shape index (κ2) is 7.87. The van der Waals surface area contributed by atoms with Crippen LogP contribution in [-0.4, -0.2) is 22.4 Å². The summed E-state index contributed by atoms with van der Waals surface area (Å²) in [4.78, 5) is 20.2. The quantitative estimate of drug-likeness (QED) is 0.731. The van der Waals surface area contributed by atoms with Crippen LogP contribution in [0.5, 0.6) is 0 Å². The molecule has 1 aromatic carbocycles. The highest BCUT2D eigenvalue weighted by Crippen LogP contribution is 2.11. The van der Waals surface area contributed by atoms with Crippen molar-refractivity contribution in [3.05, 3.63) is 84.3 Å². The van der Waals surface area contributed by atoms with E-state index in [1.54, 1.807) is 30.6 Å². The van der Waals surface area contributed by atoms with Crippen molar-refractivity contribution in [2.45, 2.75) is 6.42 Å². The molecule has 0 fully saturated rings. The Bertz CT molecular complexity index is 773. The highest BCUT2D eigenvalue weighted by atomic mass is 16.1. The van der Waals surface area contributed by atoms with Crippen molar-refractivity contribution in [2.24, 2.45) is 0 Å². The summed E-state index contributed by atoms with van der Waals surface area (Å²) in [5, 5.41) is 6.07. The van der Waals surface area contributed by atoms with Gasteiger partial charge in [-0.25, -0.2) is 4.98 Å². The van der Waals surface area contributed by atoms with E-state index < -0.39 is 0 Å². The molecule has 0 aliphatic rings. The molecule has 0 unspecified atom stereocenters. The molecule has 3 aromatic rings. The number of benzene rings is 1. The fourth-order valence-corrected chi connectivity index (χ4v) is 2.25. The molecule has 0 aliphatic heterocycles. The van der Waals surface area contributed by atoms with Crippen LogP contribution < -0.4 is 10.6 Å². The van der Waals surface area contributed by atoms with Crippen LogP contribution in [-0.2, 0) is 6.42 Å². The zero-order chi connectivity index (χ0) is 16.6. The van der Waals surface area contributed by atoms with Crippen LogP contribution in [0.15, 0.2) is 73.2 Å². The van der Waals surface area contributed by atoms with E-state index >= 15 is 0 Å². The predicted octanol–water partition coefficient (Wildman–Crippen LogP) is 3.38. The van der Waals surface area contributed by atoms with Gasteiger partial charge < -0.3 is 10.6 Å². The molecule has 120 valence electrons. The Labute approximate surface area is 140 Å². The number of carbonyl (C=O) groups is 1. The number of anilines is 2. The van der Waals surface area contributed by atoms with Crippen LogP contribution in [0.2, 0.25) is 0 Å². The molecule has 0 bridgehead atoms. The van der Waals surface area contributed by atoms with Gasteiger partial charge in [0.15, 0.2) is 0 Å². The first-order valence-corrected chi connectivity index (χ1v) is 7.76. The fraction of sp³-hybridized carbons (Fsp3) is 0.105. The minimum absolute atomic E-state index is 0.222. The van der Waals surface area contributed by atoms with Gasteiger partial charge in [0, 0.05) is 18.9 Å². The zero-order valence-electron chi connectivity index (χ0n) is 13.1. The lowest BCUT2D eigenvalue weighted by Crippen LogP contribution is -2.13. The summed E-state index contributed by atoms with van der Waals surface area (Å²) in [6, 6.07) is 17.4. The molecule has 0 atom stereocenters. The first kappa shape index (κ1) is 15.7. The molecule has 0 spiro atoms. The van der Waals surface area contributed by atoms with E-state index in [9.17, 15) is 4.79 Å². The van der Waals surface area contributed by atoms with Crippen LogP contribution >= 0.6 is 0 Å². The molecule has 2 N–H and O–H groups in total. The Morgan fingerprint density at radius 2 is 1.83 bits per heavy atom. The Kier molecular flexibility index (Phi) is 5.14. The summed E-state index contributed by atoms with van der Waals surface area (Å²) < 4.78 is 0. The van der Waals surface area contributed by atoms with E-state index in [0.29, 0.717) is 11.4 Å². The third-order valence-corrected chi connectivity index (χ3v) is 3.51. The number of amides is 1. The number of nitrogens with one attached hydrogen (secondary N) is 2. The van der Waals surface area contributed by atoms with Crippen molar-refractivity contribution in [3.8, 4) is 0 Å². The van der Waals surface area contributed by atoms with Crippen molar-refractivity contribution < 1.29 is 4.79 Å². The normalized spacial score (nSPS) is 10.2. The molecule has 3 rings (SSSR count). The maximum Gasteiger partial charge on any atom is 0.258 e. The van der Waals surface area contributed by atoms with Gasteiger partial charge in [-0.1, -0.05) is 30.3 Å². The second-order valence-corrected chi connectivity index (χ2v) is 5.29. The molecule has 2 aromatic heterocycles. The smallest absolute Gasteiger partial charge is 0.258 e. The monoisotopic (exact) mass is 318 g/mol. The third-order valence-electron chi connectivity index (χ3n) is 3.51. The lowest BCUT2D eigenvalue weighted by molar-refractivity contribution is 0.102. The summed E-state index contributed by atoms with van der Waals surface area (Å²) >= 11 is 0. The summed E-state index contributed by atoms with van der Waals surface area (Å²) in [6.45, 7) is 0.826. The average Bonchev–Trinajstić information content (AvgIpc) is 2.65. The number of hydrogen-bond donors (Lipinski definition) is 2. The molecule has 5 heteroatoms. The largest absolute Gasteiger partial charge is 0.383 e. The van der Waals surface area contributed by atoms with Gasteiger partial charge in [0.25, 0.3) is 5.91 Å². The van der Waals surface area contributed by atoms with Crippen molar-refractivity contribution >= 4 is 17.4 Å². The van der Waals surface area contributed by atoms with Crippen molar-refractivity contribution in [2.75, 3.05) is 17.2 Å². The van der Waals surface area contributed by atoms with E-state index in [0.717, 1.165) is 18.7 Å². The molecular weight excluding hydrogens is 300 g/mol. The van der Waals surface area contributed by atoms with Crippen molar-refractivity contribution in [1.82, 2.24) is 9.97 Å². The van der Waals surface area contributed by atoms with Gasteiger partial charge in [-0.2, -0.15) is 0 Å². The Morgan fingerprint density at radius 1 is 0.958 bits per heavy atom. The molecule has 0 aliphatic carbocycles. The molecule has 0 radical (unpaired) electrons. The van der Waals surface area contributed by atoms with Crippen LogP contribution in [0.3, 0.4) is 0 Å². The van der Waals surface area contributed by atoms with E-state index in [1.807, 2.05) is 24.3 Å². The first-order valence-electron chi connectivity index (χ1n) is 7.76. The second-order valence-electron chi connectivity index (χ2n) is 5.29. The Balaban J connectivity index is 1.51. The van der Waals surface area contributed by atoms with Crippen molar-refractivity contribution in [1.29, 1.82) is 0 Å². The highest BCUT2D eigenvalue weighted by Gasteiger charge is 2.06. The molecule has 24 heavy (non-hydrogen) atoms. The number of pyridine rings is 2. The molecular formula is C19H18N4O. The average molecular weight is 318 g/mol. The summed E-state index contributed by atoms with van der Waals surface area (Å²) in [5.41, 5.74) is 2.72. The Hall–Kier alpha value is -3.21. The molecule has 1 amide bonds. The maximum atomic E-state index is 12.0. The van der Waals surface area contributed by atoms with Crippen LogP contribution in [0.4, 0.5) is 11.5 Å². The lowest BCUT2D eigenvalue weighted by atomic mass is 10.1. The van der Waals surface area contributed by atoms with Gasteiger partial charge in [0.05, 0.1) is 17.4 Å². The van der Waals surface area contributed by atoms with E-state index in [2.05, 4.69) is 32.7 Å². The standard InChI is InChI=1S/C19H18N4O/c24-19(16-7-4-11-20-13-16)23-18-9-8-17(14-22-18)21-12-10-15-5-2-1-3-6-15/h1-9,11,13-14,21H,10,12H2,(H,22,23,24). The van der Waals surface area contributed by atoms with Gasteiger partial charge in [-0.05, 0) is 36.2 Å². The summed E-state index contributed by atoms with van der Waals surface area (Å²) in [7, 11) is 0. The SMILES string of the molecule is O=C(Nc1ccc(NCCc2ccccc2)cn1)c1cccnc1. The first-order chi connectivity index (χ1) is 11.8. The van der Waals surface area contributed by atoms with Crippen LogP contribution in [0, 0.1) is 0 Å². The van der Waals surface area contributed by atoms with Gasteiger partial charge in [-0.15, -0.1) is 0 Å². The third kappa shape index (κ3) is 4.39. The minimum Gasteiger partial charge on any atom is -0.383 e. The Morgan fingerprint density at radius 3 is 2.54 bits per heavy atom. The number of carbonyl (C=O) groups excluding carboxylic acids is 1. The molecule has 0 saturated carbocycles. The predicted molar refractivity (Wildman–Crippen MR) is 95.1 cm³/mol. The minimum atomic E-state index is -0.222. The van der Waals surface area contributed by atoms with Crippen molar-refractivity contribution in [3.63, 3.8) is 0 Å². The number of rotatable bonds is 6.